The lowest BCUT2D eigenvalue weighted by Crippen LogP contribution is -2.17. The van der Waals surface area contributed by atoms with Crippen molar-refractivity contribution in [2.45, 2.75) is 26.8 Å². The molecule has 112 valence electrons. The third kappa shape index (κ3) is 4.22. The van der Waals surface area contributed by atoms with E-state index in [1.54, 1.807) is 0 Å². The molecule has 0 fully saturated rings. The molecule has 0 saturated heterocycles. The van der Waals surface area contributed by atoms with Gasteiger partial charge in [0.25, 0.3) is 0 Å². The monoisotopic (exact) mass is 367 g/mol. The zero-order chi connectivity index (χ0) is 15.4. The lowest BCUT2D eigenvalue weighted by Gasteiger charge is -2.15. The van der Waals surface area contributed by atoms with Crippen LogP contribution in [-0.2, 0) is 0 Å². The topological polar surface area (TPSA) is 21.3 Å². The van der Waals surface area contributed by atoms with E-state index in [-0.39, 0.29) is 6.04 Å². The van der Waals surface area contributed by atoms with Crippen molar-refractivity contribution >= 4 is 27.5 Å². The van der Waals surface area contributed by atoms with Crippen molar-refractivity contribution < 1.29 is 4.74 Å². The van der Waals surface area contributed by atoms with Gasteiger partial charge in [-0.15, -0.1) is 0 Å². The van der Waals surface area contributed by atoms with Crippen LogP contribution in [0.5, 0.6) is 11.5 Å². The largest absolute Gasteiger partial charge is 0.456 e. The molecule has 0 aromatic heterocycles. The molecule has 0 aliphatic heterocycles. The summed E-state index contributed by atoms with van der Waals surface area (Å²) in [5, 5.41) is 3.99. The summed E-state index contributed by atoms with van der Waals surface area (Å²) >= 11 is 9.81. The Morgan fingerprint density at radius 2 is 2.00 bits per heavy atom. The van der Waals surface area contributed by atoms with E-state index in [0.29, 0.717) is 10.8 Å². The third-order valence-corrected chi connectivity index (χ3v) is 4.51. The number of benzene rings is 2. The fourth-order valence-electron chi connectivity index (χ4n) is 2.10. The first-order valence-electron chi connectivity index (χ1n) is 6.98. The molecule has 0 heterocycles. The van der Waals surface area contributed by atoms with Crippen LogP contribution in [0.25, 0.3) is 0 Å². The van der Waals surface area contributed by atoms with Crippen LogP contribution in [0.15, 0.2) is 40.9 Å². The molecule has 21 heavy (non-hydrogen) atoms. The summed E-state index contributed by atoms with van der Waals surface area (Å²) in [6, 6.07) is 12.1. The number of hydrogen-bond acceptors (Lipinski definition) is 2. The highest BCUT2D eigenvalue weighted by Gasteiger charge is 2.09. The van der Waals surface area contributed by atoms with E-state index in [2.05, 4.69) is 35.1 Å². The van der Waals surface area contributed by atoms with Crippen molar-refractivity contribution in [3.8, 4) is 11.5 Å². The number of aryl methyl sites for hydroxylation is 1. The molecule has 0 aliphatic carbocycles. The average molecular weight is 369 g/mol. The Balaban J connectivity index is 2.19. The van der Waals surface area contributed by atoms with Crippen molar-refractivity contribution in [3.63, 3.8) is 0 Å². The van der Waals surface area contributed by atoms with E-state index in [9.17, 15) is 0 Å². The molecule has 0 amide bonds. The number of ether oxygens (including phenoxy) is 1. The van der Waals surface area contributed by atoms with Gasteiger partial charge in [0, 0.05) is 10.5 Å². The van der Waals surface area contributed by atoms with Crippen LogP contribution < -0.4 is 10.1 Å². The maximum absolute atomic E-state index is 6.33. The van der Waals surface area contributed by atoms with Gasteiger partial charge in [0.15, 0.2) is 0 Å². The van der Waals surface area contributed by atoms with E-state index in [4.69, 9.17) is 16.3 Å². The Labute approximate surface area is 139 Å². The minimum atomic E-state index is 0.275. The van der Waals surface area contributed by atoms with Crippen LogP contribution in [0.3, 0.4) is 0 Å². The number of rotatable bonds is 5. The van der Waals surface area contributed by atoms with Crippen LogP contribution >= 0.6 is 27.5 Å². The second kappa shape index (κ2) is 7.30. The normalized spacial score (nSPS) is 12.2. The van der Waals surface area contributed by atoms with E-state index < -0.39 is 0 Å². The van der Waals surface area contributed by atoms with Crippen molar-refractivity contribution in [3.05, 3.63) is 57.0 Å². The quantitative estimate of drug-likeness (QED) is 0.712. The second-order valence-corrected chi connectivity index (χ2v) is 6.24. The maximum atomic E-state index is 6.33. The highest BCUT2D eigenvalue weighted by molar-refractivity contribution is 9.10. The maximum Gasteiger partial charge on any atom is 0.146 e. The average Bonchev–Trinajstić information content (AvgIpc) is 2.45. The van der Waals surface area contributed by atoms with E-state index >= 15 is 0 Å². The van der Waals surface area contributed by atoms with Crippen molar-refractivity contribution in [2.75, 3.05) is 6.54 Å². The Hall–Kier alpha value is -1.03. The summed E-state index contributed by atoms with van der Waals surface area (Å²) in [5.41, 5.74) is 2.28. The van der Waals surface area contributed by atoms with Crippen molar-refractivity contribution in [2.24, 2.45) is 0 Å². The summed E-state index contributed by atoms with van der Waals surface area (Å²) in [5.74, 6) is 1.45. The van der Waals surface area contributed by atoms with Crippen LogP contribution in [0.4, 0.5) is 0 Å². The summed E-state index contributed by atoms with van der Waals surface area (Å²) < 4.78 is 6.93. The minimum absolute atomic E-state index is 0.275. The smallest absolute Gasteiger partial charge is 0.146 e. The molecule has 2 nitrogen and oxygen atoms in total. The molecule has 0 bridgehead atoms. The van der Waals surface area contributed by atoms with E-state index in [1.165, 1.54) is 0 Å². The molecule has 4 heteroatoms. The Kier molecular flexibility index (Phi) is 5.68. The van der Waals surface area contributed by atoms with Gasteiger partial charge < -0.3 is 10.1 Å². The van der Waals surface area contributed by atoms with E-state index in [0.717, 1.165) is 27.9 Å². The van der Waals surface area contributed by atoms with Gasteiger partial charge in [0.2, 0.25) is 0 Å². The molecule has 0 aliphatic rings. The summed E-state index contributed by atoms with van der Waals surface area (Å²) in [7, 11) is 0. The first kappa shape index (κ1) is 16.3. The van der Waals surface area contributed by atoms with Crippen LogP contribution in [0.1, 0.15) is 31.0 Å². The predicted molar refractivity (Wildman–Crippen MR) is 92.5 cm³/mol. The molecular weight excluding hydrogens is 350 g/mol. The predicted octanol–water partition coefficient (Wildman–Crippen LogP) is 5.87. The summed E-state index contributed by atoms with van der Waals surface area (Å²) in [6.07, 6.45) is 0. The molecule has 0 saturated carbocycles. The van der Waals surface area contributed by atoms with Gasteiger partial charge in [0.05, 0.1) is 5.02 Å². The lowest BCUT2D eigenvalue weighted by molar-refractivity contribution is 0.481. The first-order valence-corrected chi connectivity index (χ1v) is 8.15. The Morgan fingerprint density at radius 1 is 1.24 bits per heavy atom. The van der Waals surface area contributed by atoms with Crippen LogP contribution in [-0.4, -0.2) is 6.54 Å². The molecule has 1 N–H and O–H groups in total. The lowest BCUT2D eigenvalue weighted by atomic mass is 10.1. The van der Waals surface area contributed by atoms with E-state index in [1.807, 2.05) is 43.3 Å². The van der Waals surface area contributed by atoms with Crippen molar-refractivity contribution in [1.82, 2.24) is 5.32 Å². The Morgan fingerprint density at radius 3 is 2.62 bits per heavy atom. The SMILES string of the molecule is CCNC(C)c1ccc(Oc2ccc(Br)c(C)c2)c(Cl)c1. The second-order valence-electron chi connectivity index (χ2n) is 4.98. The van der Waals surface area contributed by atoms with Gasteiger partial charge >= 0.3 is 0 Å². The molecule has 2 aromatic carbocycles. The zero-order valence-corrected chi connectivity index (χ0v) is 14.8. The molecular formula is C17H19BrClNO. The zero-order valence-electron chi connectivity index (χ0n) is 12.4. The van der Waals surface area contributed by atoms with Gasteiger partial charge in [0.1, 0.15) is 11.5 Å². The fraction of sp³-hybridized carbons (Fsp3) is 0.294. The van der Waals surface area contributed by atoms with Crippen LogP contribution in [0.2, 0.25) is 5.02 Å². The number of halogens is 2. The third-order valence-electron chi connectivity index (χ3n) is 3.32. The van der Waals surface area contributed by atoms with Gasteiger partial charge in [-0.25, -0.2) is 0 Å². The highest BCUT2D eigenvalue weighted by Crippen LogP contribution is 2.33. The molecule has 1 atom stereocenters. The van der Waals surface area contributed by atoms with Gasteiger partial charge in [-0.3, -0.25) is 0 Å². The highest BCUT2D eigenvalue weighted by atomic mass is 79.9. The fourth-order valence-corrected chi connectivity index (χ4v) is 2.58. The summed E-state index contributed by atoms with van der Waals surface area (Å²) in [4.78, 5) is 0. The van der Waals surface area contributed by atoms with Crippen LogP contribution in [0, 0.1) is 6.92 Å². The summed E-state index contributed by atoms with van der Waals surface area (Å²) in [6.45, 7) is 7.16. The number of nitrogens with one attached hydrogen (secondary N) is 1. The molecule has 2 aromatic rings. The Bertz CT molecular complexity index is 630. The van der Waals surface area contributed by atoms with Gasteiger partial charge in [-0.1, -0.05) is 40.5 Å². The van der Waals surface area contributed by atoms with Crippen molar-refractivity contribution in [1.29, 1.82) is 0 Å². The standard InChI is InChI=1S/C17H19BrClNO/c1-4-20-12(3)13-5-8-17(16(19)10-13)21-14-6-7-15(18)11(2)9-14/h5-10,12,20H,4H2,1-3H3. The number of hydrogen-bond donors (Lipinski definition) is 1. The molecule has 1 unspecified atom stereocenters. The molecule has 0 spiro atoms. The van der Waals surface area contributed by atoms with Gasteiger partial charge in [-0.05, 0) is 61.9 Å². The van der Waals surface area contributed by atoms with Gasteiger partial charge in [-0.2, -0.15) is 0 Å². The minimum Gasteiger partial charge on any atom is -0.456 e. The molecule has 0 radical (unpaired) electrons. The first-order chi connectivity index (χ1) is 10.0. The molecule has 2 rings (SSSR count).